The van der Waals surface area contributed by atoms with E-state index in [-0.39, 0.29) is 23.1 Å². The fourth-order valence-electron chi connectivity index (χ4n) is 3.64. The van der Waals surface area contributed by atoms with Crippen LogP contribution in [0.2, 0.25) is 0 Å². The molecule has 0 spiro atoms. The maximum atomic E-state index is 12.6. The van der Waals surface area contributed by atoms with Gasteiger partial charge in [-0.1, -0.05) is 30.3 Å². The molecule has 0 unspecified atom stereocenters. The smallest absolute Gasteiger partial charge is 0.228 e. The zero-order chi connectivity index (χ0) is 16.7. The Hall–Kier alpha value is -1.40. The number of hydrogen-bond donors (Lipinski definition) is 1. The molecule has 3 rings (SSSR count). The summed E-state index contributed by atoms with van der Waals surface area (Å²) in [6.07, 6.45) is 1.62. The van der Waals surface area contributed by atoms with Crippen LogP contribution < -0.4 is 5.32 Å². The number of carbonyl (C=O) groups excluding carboxylic acids is 1. The minimum absolute atomic E-state index is 0.0597. The summed E-state index contributed by atoms with van der Waals surface area (Å²) in [4.78, 5) is 11.6. The number of hydrogen-bond acceptors (Lipinski definition) is 3. The topological polar surface area (TPSA) is 66.5 Å². The van der Waals surface area contributed by atoms with E-state index in [1.54, 1.807) is 4.31 Å². The predicted molar refractivity (Wildman–Crippen MR) is 89.1 cm³/mol. The number of sulfonamides is 1. The number of benzene rings is 1. The second-order valence-electron chi connectivity index (χ2n) is 7.15. The fraction of sp³-hybridized carbons (Fsp3) is 0.588. The Balaban J connectivity index is 1.59. The van der Waals surface area contributed by atoms with Gasteiger partial charge in [-0.3, -0.25) is 4.79 Å². The van der Waals surface area contributed by atoms with E-state index < -0.39 is 10.0 Å². The molecule has 1 N–H and O–H groups in total. The maximum Gasteiger partial charge on any atom is 0.228 e. The van der Waals surface area contributed by atoms with Gasteiger partial charge >= 0.3 is 0 Å². The highest BCUT2D eigenvalue weighted by Gasteiger charge is 2.51. The van der Waals surface area contributed by atoms with Crippen LogP contribution in [-0.2, 0) is 20.6 Å². The Kier molecular flexibility index (Phi) is 4.23. The molecular weight excluding hydrogens is 312 g/mol. The number of amides is 1. The zero-order valence-corrected chi connectivity index (χ0v) is 14.5. The summed E-state index contributed by atoms with van der Waals surface area (Å²) in [6, 6.07) is 9.47. The highest BCUT2D eigenvalue weighted by molar-refractivity contribution is 7.88. The van der Waals surface area contributed by atoms with Crippen molar-refractivity contribution in [1.29, 1.82) is 0 Å². The average Bonchev–Trinajstić information content (AvgIpc) is 2.53. The number of nitrogens with zero attached hydrogens (tertiary/aromatic N) is 1. The van der Waals surface area contributed by atoms with Crippen molar-refractivity contribution in [3.8, 4) is 0 Å². The van der Waals surface area contributed by atoms with Crippen LogP contribution in [0.3, 0.4) is 0 Å². The van der Waals surface area contributed by atoms with Gasteiger partial charge in [-0.25, -0.2) is 12.7 Å². The van der Waals surface area contributed by atoms with Crippen molar-refractivity contribution in [3.05, 3.63) is 35.9 Å². The van der Waals surface area contributed by atoms with Crippen molar-refractivity contribution in [1.82, 2.24) is 9.62 Å². The van der Waals surface area contributed by atoms with Crippen molar-refractivity contribution in [2.24, 2.45) is 11.3 Å². The van der Waals surface area contributed by atoms with Crippen LogP contribution in [0.25, 0.3) is 0 Å². The third-order valence-electron chi connectivity index (χ3n) is 5.20. The molecule has 0 aromatic heterocycles. The molecule has 5 nitrogen and oxygen atoms in total. The largest absolute Gasteiger partial charge is 0.351 e. The summed E-state index contributed by atoms with van der Waals surface area (Å²) < 4.78 is 26.7. The second-order valence-corrected chi connectivity index (χ2v) is 9.12. The van der Waals surface area contributed by atoms with E-state index in [0.717, 1.165) is 18.4 Å². The molecule has 2 heterocycles. The standard InChI is InChI=1S/C17H24N2O3S/c1-17(2)15(18-16(17)20)14-8-10-19(11-9-14)23(21,22)12-13-6-4-3-5-7-13/h3-7,14-15H,8-12H2,1-2H3,(H,18,20)/t15-/m1/s1. The lowest BCUT2D eigenvalue weighted by molar-refractivity contribution is -0.146. The predicted octanol–water partition coefficient (Wildman–Crippen LogP) is 1.75. The first kappa shape index (κ1) is 16.5. The van der Waals surface area contributed by atoms with Crippen molar-refractivity contribution in [2.45, 2.75) is 38.5 Å². The molecule has 1 aromatic rings. The summed E-state index contributed by atoms with van der Waals surface area (Å²) in [6.45, 7) is 5.02. The highest BCUT2D eigenvalue weighted by Crippen LogP contribution is 2.38. The van der Waals surface area contributed by atoms with Gasteiger partial charge in [-0.15, -0.1) is 0 Å². The molecule has 23 heavy (non-hydrogen) atoms. The first-order valence-corrected chi connectivity index (χ1v) is 9.74. The Morgan fingerprint density at radius 2 is 1.78 bits per heavy atom. The minimum Gasteiger partial charge on any atom is -0.351 e. The molecule has 2 saturated heterocycles. The van der Waals surface area contributed by atoms with E-state index in [2.05, 4.69) is 5.32 Å². The maximum absolute atomic E-state index is 12.6. The number of nitrogens with one attached hydrogen (secondary N) is 1. The lowest BCUT2D eigenvalue weighted by Gasteiger charge is -2.49. The number of rotatable bonds is 4. The van der Waals surface area contributed by atoms with Gasteiger partial charge in [0.1, 0.15) is 0 Å². The van der Waals surface area contributed by atoms with Crippen LogP contribution in [0, 0.1) is 11.3 Å². The average molecular weight is 336 g/mol. The Labute approximate surface area is 138 Å². The summed E-state index contributed by atoms with van der Waals surface area (Å²) in [5, 5.41) is 2.99. The van der Waals surface area contributed by atoms with Gasteiger partial charge in [0.25, 0.3) is 0 Å². The first-order chi connectivity index (χ1) is 10.8. The number of β-lactam (4-membered cyclic amide) rings is 1. The molecule has 0 radical (unpaired) electrons. The van der Waals surface area contributed by atoms with Crippen LogP contribution in [0.4, 0.5) is 0 Å². The van der Waals surface area contributed by atoms with Crippen molar-refractivity contribution in [2.75, 3.05) is 13.1 Å². The van der Waals surface area contributed by atoms with E-state index in [1.165, 1.54) is 0 Å². The van der Waals surface area contributed by atoms with Crippen LogP contribution in [0.5, 0.6) is 0 Å². The molecule has 0 aliphatic carbocycles. The van der Waals surface area contributed by atoms with E-state index in [0.29, 0.717) is 19.0 Å². The quantitative estimate of drug-likeness (QED) is 0.852. The molecule has 2 fully saturated rings. The van der Waals surface area contributed by atoms with Gasteiger partial charge in [0.2, 0.25) is 15.9 Å². The van der Waals surface area contributed by atoms with Crippen molar-refractivity contribution in [3.63, 3.8) is 0 Å². The molecule has 0 saturated carbocycles. The van der Waals surface area contributed by atoms with Crippen molar-refractivity contribution >= 4 is 15.9 Å². The molecule has 6 heteroatoms. The van der Waals surface area contributed by atoms with Gasteiger partial charge in [0, 0.05) is 19.1 Å². The number of piperidine rings is 1. The molecule has 2 aliphatic heterocycles. The first-order valence-electron chi connectivity index (χ1n) is 8.13. The Morgan fingerprint density at radius 1 is 1.17 bits per heavy atom. The lowest BCUT2D eigenvalue weighted by Crippen LogP contribution is -2.68. The van der Waals surface area contributed by atoms with E-state index >= 15 is 0 Å². The van der Waals surface area contributed by atoms with Gasteiger partial charge in [0.05, 0.1) is 11.2 Å². The molecular formula is C17H24N2O3S. The normalized spacial score (nSPS) is 25.7. The van der Waals surface area contributed by atoms with E-state index in [9.17, 15) is 13.2 Å². The van der Waals surface area contributed by atoms with Gasteiger partial charge < -0.3 is 5.32 Å². The minimum atomic E-state index is -3.27. The summed E-state index contributed by atoms with van der Waals surface area (Å²) >= 11 is 0. The van der Waals surface area contributed by atoms with Crippen molar-refractivity contribution < 1.29 is 13.2 Å². The molecule has 2 aliphatic rings. The van der Waals surface area contributed by atoms with Crippen LogP contribution in [0.15, 0.2) is 30.3 Å². The molecule has 126 valence electrons. The van der Waals surface area contributed by atoms with Gasteiger partial charge in [0.15, 0.2) is 0 Å². The van der Waals surface area contributed by atoms with Gasteiger partial charge in [-0.05, 0) is 38.2 Å². The Bertz CT molecular complexity index is 677. The summed E-state index contributed by atoms with van der Waals surface area (Å²) in [5.41, 5.74) is 0.498. The molecule has 1 aromatic carbocycles. The lowest BCUT2D eigenvalue weighted by atomic mass is 9.68. The third-order valence-corrected chi connectivity index (χ3v) is 7.05. The Morgan fingerprint density at radius 3 is 2.30 bits per heavy atom. The molecule has 0 bridgehead atoms. The monoisotopic (exact) mass is 336 g/mol. The summed E-state index contributed by atoms with van der Waals surface area (Å²) in [7, 11) is -3.27. The SMILES string of the molecule is CC1(C)C(=O)N[C@@H]1C1CCN(S(=O)(=O)Cc2ccccc2)CC1. The van der Waals surface area contributed by atoms with E-state index in [1.807, 2.05) is 44.2 Å². The number of carbonyl (C=O) groups is 1. The molecule has 1 amide bonds. The summed E-state index contributed by atoms with van der Waals surface area (Å²) in [5.74, 6) is 0.525. The van der Waals surface area contributed by atoms with Crippen LogP contribution in [0.1, 0.15) is 32.3 Å². The van der Waals surface area contributed by atoms with Crippen LogP contribution in [-0.4, -0.2) is 37.8 Å². The zero-order valence-electron chi connectivity index (χ0n) is 13.7. The third kappa shape index (κ3) is 3.15. The fourth-order valence-corrected chi connectivity index (χ4v) is 5.21. The molecule has 1 atom stereocenters. The highest BCUT2D eigenvalue weighted by atomic mass is 32.2. The van der Waals surface area contributed by atoms with Crippen LogP contribution >= 0.6 is 0 Å². The van der Waals surface area contributed by atoms with E-state index in [4.69, 9.17) is 0 Å². The second kappa shape index (κ2) is 5.91. The van der Waals surface area contributed by atoms with Gasteiger partial charge in [-0.2, -0.15) is 0 Å².